The van der Waals surface area contributed by atoms with E-state index < -0.39 is 0 Å². The predicted molar refractivity (Wildman–Crippen MR) is 83.9 cm³/mol. The van der Waals surface area contributed by atoms with Crippen LogP contribution in [0, 0.1) is 0 Å². The van der Waals surface area contributed by atoms with Crippen molar-refractivity contribution in [2.24, 2.45) is 10.2 Å². The molecule has 0 N–H and O–H groups in total. The number of hydrogen-bond acceptors (Lipinski definition) is 2. The Morgan fingerprint density at radius 3 is 1.95 bits per heavy atom. The molecule has 2 heteroatoms. The molecule has 0 amide bonds. The van der Waals surface area contributed by atoms with Gasteiger partial charge in [-0.3, -0.25) is 0 Å². The monoisotopic (exact) mass is 266 g/mol. The molecule has 20 heavy (non-hydrogen) atoms. The van der Waals surface area contributed by atoms with Crippen molar-refractivity contribution < 1.29 is 0 Å². The highest BCUT2D eigenvalue weighted by Crippen LogP contribution is 2.24. The second-order valence-electron chi connectivity index (χ2n) is 6.00. The summed E-state index contributed by atoms with van der Waals surface area (Å²) < 4.78 is 0. The van der Waals surface area contributed by atoms with E-state index >= 15 is 0 Å². The lowest BCUT2D eigenvalue weighted by Crippen LogP contribution is -2.09. The van der Waals surface area contributed by atoms with E-state index in [2.05, 4.69) is 79.5 Å². The van der Waals surface area contributed by atoms with Crippen LogP contribution in [0.2, 0.25) is 0 Å². The predicted octanol–water partition coefficient (Wildman–Crippen LogP) is 5.22. The Morgan fingerprint density at radius 1 is 0.850 bits per heavy atom. The van der Waals surface area contributed by atoms with Gasteiger partial charge >= 0.3 is 0 Å². The summed E-state index contributed by atoms with van der Waals surface area (Å²) >= 11 is 0. The van der Waals surface area contributed by atoms with Gasteiger partial charge in [0.25, 0.3) is 0 Å². The van der Waals surface area contributed by atoms with E-state index in [9.17, 15) is 0 Å². The maximum Gasteiger partial charge on any atom is 0.0998 e. The van der Waals surface area contributed by atoms with Crippen LogP contribution in [0.1, 0.15) is 37.9 Å². The molecular formula is C18H22N2. The van der Waals surface area contributed by atoms with E-state index in [-0.39, 0.29) is 11.6 Å². The van der Waals surface area contributed by atoms with Crippen molar-refractivity contribution in [3.05, 3.63) is 71.8 Å². The maximum absolute atomic E-state index is 4.59. The molecule has 0 heterocycles. The van der Waals surface area contributed by atoms with Crippen LogP contribution in [-0.4, -0.2) is 5.54 Å². The zero-order valence-corrected chi connectivity index (χ0v) is 12.5. The lowest BCUT2D eigenvalue weighted by Gasteiger charge is -2.15. The number of rotatable bonds is 4. The van der Waals surface area contributed by atoms with Gasteiger partial charge in [0.1, 0.15) is 0 Å². The summed E-state index contributed by atoms with van der Waals surface area (Å²) in [5, 5.41) is 9.04. The van der Waals surface area contributed by atoms with Crippen molar-refractivity contribution in [1.82, 2.24) is 0 Å². The smallest absolute Gasteiger partial charge is 0.0998 e. The molecule has 2 rings (SSSR count). The molecule has 104 valence electrons. The lowest BCUT2D eigenvalue weighted by atomic mass is 10.00. The van der Waals surface area contributed by atoms with Crippen LogP contribution in [-0.2, 0) is 6.42 Å². The zero-order valence-electron chi connectivity index (χ0n) is 12.5. The molecule has 0 saturated heterocycles. The van der Waals surface area contributed by atoms with Crippen molar-refractivity contribution in [3.63, 3.8) is 0 Å². The Labute approximate surface area is 121 Å². The number of hydrogen-bond donors (Lipinski definition) is 0. The summed E-state index contributed by atoms with van der Waals surface area (Å²) in [6.45, 7) is 6.21. The standard InChI is InChI=1S/C18H22N2/c1-18(2,3)20-19-17(16-12-8-5-9-13-16)14-15-10-6-4-7-11-15/h4-13,17H,14H2,1-3H3. The summed E-state index contributed by atoms with van der Waals surface area (Å²) in [6, 6.07) is 20.9. The molecule has 0 aliphatic rings. The Morgan fingerprint density at radius 2 is 1.40 bits per heavy atom. The largest absolute Gasteiger partial charge is 0.188 e. The third-order valence-corrected chi connectivity index (χ3v) is 2.95. The first kappa shape index (κ1) is 14.4. The third-order valence-electron chi connectivity index (χ3n) is 2.95. The van der Waals surface area contributed by atoms with Gasteiger partial charge in [0, 0.05) is 6.42 Å². The summed E-state index contributed by atoms with van der Waals surface area (Å²) in [5.74, 6) is 0. The first-order valence-corrected chi connectivity index (χ1v) is 7.05. The molecule has 2 aromatic rings. The summed E-state index contributed by atoms with van der Waals surface area (Å²) in [5.41, 5.74) is 2.36. The summed E-state index contributed by atoms with van der Waals surface area (Å²) in [4.78, 5) is 0. The number of azo groups is 1. The van der Waals surface area contributed by atoms with Crippen LogP contribution in [0.3, 0.4) is 0 Å². The topological polar surface area (TPSA) is 24.7 Å². The summed E-state index contributed by atoms with van der Waals surface area (Å²) in [7, 11) is 0. The number of benzene rings is 2. The summed E-state index contributed by atoms with van der Waals surface area (Å²) in [6.07, 6.45) is 0.879. The van der Waals surface area contributed by atoms with Gasteiger partial charge in [-0.1, -0.05) is 60.7 Å². The van der Waals surface area contributed by atoms with Crippen molar-refractivity contribution >= 4 is 0 Å². The minimum absolute atomic E-state index is 0.0813. The fourth-order valence-corrected chi connectivity index (χ4v) is 1.98. The molecule has 2 aromatic carbocycles. The SMILES string of the molecule is CC(C)(C)N=NC(Cc1ccccc1)c1ccccc1. The Balaban J connectivity index is 2.23. The first-order chi connectivity index (χ1) is 9.54. The van der Waals surface area contributed by atoms with Crippen molar-refractivity contribution in [2.45, 2.75) is 38.8 Å². The van der Waals surface area contributed by atoms with Crippen molar-refractivity contribution in [1.29, 1.82) is 0 Å². The third kappa shape index (κ3) is 4.61. The van der Waals surface area contributed by atoms with E-state index in [4.69, 9.17) is 0 Å². The van der Waals surface area contributed by atoms with Gasteiger partial charge in [-0.05, 0) is 31.9 Å². The molecule has 0 aromatic heterocycles. The van der Waals surface area contributed by atoms with Crippen LogP contribution in [0.4, 0.5) is 0 Å². The lowest BCUT2D eigenvalue weighted by molar-refractivity contribution is 0.510. The van der Waals surface area contributed by atoms with Crippen molar-refractivity contribution in [3.8, 4) is 0 Å². The molecule has 0 spiro atoms. The minimum atomic E-state index is -0.135. The van der Waals surface area contributed by atoms with E-state index in [0.29, 0.717) is 0 Å². The van der Waals surface area contributed by atoms with Crippen LogP contribution >= 0.6 is 0 Å². The van der Waals surface area contributed by atoms with Gasteiger partial charge in [0.05, 0.1) is 11.6 Å². The first-order valence-electron chi connectivity index (χ1n) is 7.05. The Kier molecular flexibility index (Phi) is 4.67. The maximum atomic E-state index is 4.59. The van der Waals surface area contributed by atoms with Gasteiger partial charge in [0.2, 0.25) is 0 Å². The fourth-order valence-electron chi connectivity index (χ4n) is 1.98. The molecule has 0 saturated carbocycles. The Bertz CT molecular complexity index is 539. The molecule has 1 unspecified atom stereocenters. The molecule has 0 radical (unpaired) electrons. The van der Waals surface area contributed by atoms with Crippen LogP contribution in [0.25, 0.3) is 0 Å². The van der Waals surface area contributed by atoms with Crippen LogP contribution in [0.5, 0.6) is 0 Å². The van der Waals surface area contributed by atoms with Crippen molar-refractivity contribution in [2.75, 3.05) is 0 Å². The van der Waals surface area contributed by atoms with Gasteiger partial charge in [0.15, 0.2) is 0 Å². The molecule has 1 atom stereocenters. The molecule has 2 nitrogen and oxygen atoms in total. The second kappa shape index (κ2) is 6.47. The molecule has 0 aliphatic heterocycles. The van der Waals surface area contributed by atoms with E-state index in [1.54, 1.807) is 0 Å². The quantitative estimate of drug-likeness (QED) is 0.678. The molecule has 0 fully saturated rings. The van der Waals surface area contributed by atoms with E-state index in [1.165, 1.54) is 11.1 Å². The van der Waals surface area contributed by atoms with Gasteiger partial charge in [-0.2, -0.15) is 10.2 Å². The molecular weight excluding hydrogens is 244 g/mol. The fraction of sp³-hybridized carbons (Fsp3) is 0.333. The molecule has 0 bridgehead atoms. The van der Waals surface area contributed by atoms with E-state index in [1.807, 2.05) is 12.1 Å². The average Bonchev–Trinajstić information content (AvgIpc) is 2.44. The zero-order chi connectivity index (χ0) is 14.4. The van der Waals surface area contributed by atoms with E-state index in [0.717, 1.165) is 6.42 Å². The molecule has 0 aliphatic carbocycles. The normalized spacial score (nSPS) is 13.6. The van der Waals surface area contributed by atoms with Crippen LogP contribution < -0.4 is 0 Å². The van der Waals surface area contributed by atoms with Gasteiger partial charge < -0.3 is 0 Å². The number of nitrogens with zero attached hydrogens (tertiary/aromatic N) is 2. The highest BCUT2D eigenvalue weighted by Gasteiger charge is 2.13. The Hall–Kier alpha value is -1.96. The van der Waals surface area contributed by atoms with Crippen LogP contribution in [0.15, 0.2) is 70.9 Å². The second-order valence-corrected chi connectivity index (χ2v) is 6.00. The van der Waals surface area contributed by atoms with Gasteiger partial charge in [-0.25, -0.2) is 0 Å². The highest BCUT2D eigenvalue weighted by atomic mass is 15.2. The minimum Gasteiger partial charge on any atom is -0.188 e. The average molecular weight is 266 g/mol. The van der Waals surface area contributed by atoms with Gasteiger partial charge in [-0.15, -0.1) is 0 Å². The highest BCUT2D eigenvalue weighted by molar-refractivity contribution is 5.23.